The van der Waals surface area contributed by atoms with Gasteiger partial charge in [0.25, 0.3) is 0 Å². The largest absolute Gasteiger partial charge is 0.481 e. The number of pyridine rings is 2. The molecule has 26 heavy (non-hydrogen) atoms. The number of ether oxygens (including phenoxy) is 1. The van der Waals surface area contributed by atoms with Crippen molar-refractivity contribution in [3.63, 3.8) is 0 Å². The molecule has 142 valence electrons. The smallest absolute Gasteiger partial charge is 0.213 e. The minimum atomic E-state index is -1.05. The maximum Gasteiger partial charge on any atom is 0.213 e. The maximum atomic E-state index is 10.8. The lowest BCUT2D eigenvalue weighted by atomic mass is 9.88. The van der Waals surface area contributed by atoms with E-state index in [0.29, 0.717) is 30.8 Å². The molecule has 2 heterocycles. The van der Waals surface area contributed by atoms with Crippen LogP contribution in [0.2, 0.25) is 0 Å². The van der Waals surface area contributed by atoms with Gasteiger partial charge in [0, 0.05) is 23.9 Å². The SMILES string of the molecule is CCC(CC(O)CCC(C)(O)c1ncccc1C)c1cccc(OC)n1. The van der Waals surface area contributed by atoms with Gasteiger partial charge in [0.2, 0.25) is 5.88 Å². The molecule has 2 rings (SSSR count). The lowest BCUT2D eigenvalue weighted by Crippen LogP contribution is -2.26. The Morgan fingerprint density at radius 1 is 1.23 bits per heavy atom. The van der Waals surface area contributed by atoms with Crippen molar-refractivity contribution in [2.75, 3.05) is 7.11 Å². The fraction of sp³-hybridized carbons (Fsp3) is 0.524. The highest BCUT2D eigenvalue weighted by molar-refractivity contribution is 5.23. The molecule has 3 atom stereocenters. The van der Waals surface area contributed by atoms with Crippen LogP contribution in [0.1, 0.15) is 62.4 Å². The average molecular weight is 358 g/mol. The number of hydrogen-bond donors (Lipinski definition) is 2. The monoisotopic (exact) mass is 358 g/mol. The second kappa shape index (κ2) is 9.10. The van der Waals surface area contributed by atoms with Gasteiger partial charge in [-0.1, -0.05) is 19.1 Å². The van der Waals surface area contributed by atoms with E-state index in [1.54, 1.807) is 20.2 Å². The fourth-order valence-electron chi connectivity index (χ4n) is 3.33. The van der Waals surface area contributed by atoms with Gasteiger partial charge in [0.1, 0.15) is 5.60 Å². The van der Waals surface area contributed by atoms with Gasteiger partial charge in [0.15, 0.2) is 0 Å². The third-order valence-electron chi connectivity index (χ3n) is 4.91. The first kappa shape index (κ1) is 20.3. The van der Waals surface area contributed by atoms with Crippen LogP contribution in [0, 0.1) is 6.92 Å². The molecule has 0 saturated heterocycles. The van der Waals surface area contributed by atoms with Crippen LogP contribution < -0.4 is 4.74 Å². The zero-order valence-corrected chi connectivity index (χ0v) is 16.1. The van der Waals surface area contributed by atoms with Crippen molar-refractivity contribution >= 4 is 0 Å². The molecular weight excluding hydrogens is 328 g/mol. The molecule has 2 aromatic heterocycles. The Kier molecular flexibility index (Phi) is 7.12. The van der Waals surface area contributed by atoms with Gasteiger partial charge in [0.05, 0.1) is 18.9 Å². The molecule has 2 aromatic rings. The molecule has 0 aliphatic heterocycles. The van der Waals surface area contributed by atoms with Crippen molar-refractivity contribution in [1.29, 1.82) is 0 Å². The van der Waals surface area contributed by atoms with Gasteiger partial charge in [-0.2, -0.15) is 0 Å². The van der Waals surface area contributed by atoms with Crippen LogP contribution in [0.15, 0.2) is 36.5 Å². The van der Waals surface area contributed by atoms with Crippen LogP contribution in [0.25, 0.3) is 0 Å². The zero-order valence-electron chi connectivity index (χ0n) is 16.1. The predicted molar refractivity (Wildman–Crippen MR) is 102 cm³/mol. The van der Waals surface area contributed by atoms with E-state index < -0.39 is 11.7 Å². The van der Waals surface area contributed by atoms with Gasteiger partial charge >= 0.3 is 0 Å². The number of aromatic nitrogens is 2. The molecule has 2 N–H and O–H groups in total. The molecule has 0 bridgehead atoms. The van der Waals surface area contributed by atoms with Crippen molar-refractivity contribution in [1.82, 2.24) is 9.97 Å². The molecule has 0 saturated carbocycles. The number of methoxy groups -OCH3 is 1. The Bertz CT molecular complexity index is 703. The van der Waals surface area contributed by atoms with Gasteiger partial charge < -0.3 is 14.9 Å². The third kappa shape index (κ3) is 5.26. The molecule has 0 amide bonds. The lowest BCUT2D eigenvalue weighted by molar-refractivity contribution is 0.0220. The van der Waals surface area contributed by atoms with Crippen LogP contribution >= 0.6 is 0 Å². The fourth-order valence-corrected chi connectivity index (χ4v) is 3.33. The molecule has 0 spiro atoms. The summed E-state index contributed by atoms with van der Waals surface area (Å²) in [6.45, 7) is 5.79. The molecule has 0 aromatic carbocycles. The number of aliphatic hydroxyl groups excluding tert-OH is 1. The average Bonchev–Trinajstić information content (AvgIpc) is 2.64. The molecule has 0 fully saturated rings. The lowest BCUT2D eigenvalue weighted by Gasteiger charge is -2.26. The van der Waals surface area contributed by atoms with E-state index in [1.807, 2.05) is 37.3 Å². The zero-order chi connectivity index (χ0) is 19.2. The van der Waals surface area contributed by atoms with Gasteiger partial charge in [-0.25, -0.2) is 4.98 Å². The number of rotatable bonds is 9. The Morgan fingerprint density at radius 2 is 2.00 bits per heavy atom. The van der Waals surface area contributed by atoms with Crippen molar-refractivity contribution in [3.05, 3.63) is 53.5 Å². The first-order valence-corrected chi connectivity index (χ1v) is 9.20. The van der Waals surface area contributed by atoms with Gasteiger partial charge in [-0.05, 0) is 57.2 Å². The minimum Gasteiger partial charge on any atom is -0.481 e. The van der Waals surface area contributed by atoms with E-state index in [4.69, 9.17) is 4.74 Å². The summed E-state index contributed by atoms with van der Waals surface area (Å²) in [4.78, 5) is 8.81. The molecule has 0 radical (unpaired) electrons. The van der Waals surface area contributed by atoms with E-state index in [2.05, 4.69) is 16.9 Å². The highest BCUT2D eigenvalue weighted by atomic mass is 16.5. The number of nitrogens with zero attached hydrogens (tertiary/aromatic N) is 2. The van der Waals surface area contributed by atoms with E-state index in [0.717, 1.165) is 17.7 Å². The summed E-state index contributed by atoms with van der Waals surface area (Å²) in [5.74, 6) is 0.741. The highest BCUT2D eigenvalue weighted by Crippen LogP contribution is 2.30. The van der Waals surface area contributed by atoms with E-state index >= 15 is 0 Å². The summed E-state index contributed by atoms with van der Waals surface area (Å²) in [5.41, 5.74) is 1.51. The van der Waals surface area contributed by atoms with E-state index in [-0.39, 0.29) is 5.92 Å². The Morgan fingerprint density at radius 3 is 2.65 bits per heavy atom. The number of aryl methyl sites for hydroxylation is 1. The van der Waals surface area contributed by atoms with Crippen LogP contribution in [0.4, 0.5) is 0 Å². The summed E-state index contributed by atoms with van der Waals surface area (Å²) in [6, 6.07) is 9.51. The first-order chi connectivity index (χ1) is 12.4. The Labute approximate surface area is 156 Å². The van der Waals surface area contributed by atoms with Crippen molar-refractivity contribution in [2.24, 2.45) is 0 Å². The van der Waals surface area contributed by atoms with Crippen LogP contribution in [0.3, 0.4) is 0 Å². The third-order valence-corrected chi connectivity index (χ3v) is 4.91. The molecular formula is C21H30N2O3. The summed E-state index contributed by atoms with van der Waals surface area (Å²) < 4.78 is 5.19. The van der Waals surface area contributed by atoms with Crippen LogP contribution in [-0.2, 0) is 5.60 Å². The predicted octanol–water partition coefficient (Wildman–Crippen LogP) is 3.73. The van der Waals surface area contributed by atoms with E-state index in [9.17, 15) is 10.2 Å². The molecule has 5 nitrogen and oxygen atoms in total. The van der Waals surface area contributed by atoms with Gasteiger partial charge in [-0.15, -0.1) is 0 Å². The summed E-state index contributed by atoms with van der Waals surface area (Å²) in [6.07, 6.45) is 3.62. The second-order valence-electron chi connectivity index (χ2n) is 7.08. The molecule has 3 unspecified atom stereocenters. The highest BCUT2D eigenvalue weighted by Gasteiger charge is 2.28. The quantitative estimate of drug-likeness (QED) is 0.714. The maximum absolute atomic E-state index is 10.8. The number of aliphatic hydroxyl groups is 2. The van der Waals surface area contributed by atoms with Crippen LogP contribution in [-0.4, -0.2) is 33.4 Å². The molecule has 0 aliphatic carbocycles. The Balaban J connectivity index is 1.98. The van der Waals surface area contributed by atoms with Crippen molar-refractivity contribution < 1.29 is 14.9 Å². The van der Waals surface area contributed by atoms with E-state index in [1.165, 1.54) is 0 Å². The first-order valence-electron chi connectivity index (χ1n) is 9.20. The van der Waals surface area contributed by atoms with Gasteiger partial charge in [-0.3, -0.25) is 4.98 Å². The standard InChI is InChI=1S/C21H30N2O3/c1-5-16(18-9-6-10-19(23-18)26-4)14-17(24)11-12-21(3,25)20-15(2)8-7-13-22-20/h6-10,13,16-17,24-25H,5,11-12,14H2,1-4H3. The normalized spacial score (nSPS) is 15.9. The van der Waals surface area contributed by atoms with Crippen LogP contribution in [0.5, 0.6) is 5.88 Å². The molecule has 5 heteroatoms. The topological polar surface area (TPSA) is 75.5 Å². The summed E-state index contributed by atoms with van der Waals surface area (Å²) in [7, 11) is 1.60. The Hall–Kier alpha value is -1.98. The second-order valence-corrected chi connectivity index (χ2v) is 7.08. The summed E-state index contributed by atoms with van der Waals surface area (Å²) in [5, 5.41) is 21.3. The molecule has 0 aliphatic rings. The minimum absolute atomic E-state index is 0.154. The van der Waals surface area contributed by atoms with Crippen molar-refractivity contribution in [2.45, 2.75) is 64.1 Å². The summed E-state index contributed by atoms with van der Waals surface area (Å²) >= 11 is 0. The van der Waals surface area contributed by atoms with Crippen molar-refractivity contribution in [3.8, 4) is 5.88 Å². The number of hydrogen-bond acceptors (Lipinski definition) is 5.